The number of carbonyl (C=O) groups is 1. The molecule has 0 saturated heterocycles. The van der Waals surface area contributed by atoms with E-state index >= 15 is 0 Å². The summed E-state index contributed by atoms with van der Waals surface area (Å²) in [6.07, 6.45) is 1.00. The first-order chi connectivity index (χ1) is 6.65. The second-order valence-electron chi connectivity index (χ2n) is 3.09. The minimum absolute atomic E-state index is 0.440. The highest BCUT2D eigenvalue weighted by atomic mass is 16.1. The van der Waals surface area contributed by atoms with E-state index < -0.39 is 5.91 Å². The summed E-state index contributed by atoms with van der Waals surface area (Å²) < 4.78 is 0. The summed E-state index contributed by atoms with van der Waals surface area (Å²) in [4.78, 5) is 10.9. The third-order valence-corrected chi connectivity index (χ3v) is 1.90. The van der Waals surface area contributed by atoms with E-state index in [4.69, 9.17) is 11.5 Å². The minimum Gasteiger partial charge on any atom is -0.397 e. The van der Waals surface area contributed by atoms with Crippen LogP contribution < -0.4 is 16.8 Å². The van der Waals surface area contributed by atoms with Crippen molar-refractivity contribution in [2.24, 2.45) is 5.73 Å². The monoisotopic (exact) mass is 193 g/mol. The fourth-order valence-electron chi connectivity index (χ4n) is 1.12. The average Bonchev–Trinajstić information content (AvgIpc) is 2.16. The standard InChI is InChI=1S/C10H15N3O/c1-2-5-13-9-6-7(10(12)14)3-4-8(9)11/h3-4,6,13H,2,5,11H2,1H3,(H2,12,14). The molecule has 1 aromatic rings. The third-order valence-electron chi connectivity index (χ3n) is 1.90. The number of hydrogen-bond acceptors (Lipinski definition) is 3. The first-order valence-corrected chi connectivity index (χ1v) is 4.58. The Morgan fingerprint density at radius 2 is 2.21 bits per heavy atom. The smallest absolute Gasteiger partial charge is 0.248 e. The van der Waals surface area contributed by atoms with E-state index in [1.807, 2.05) is 0 Å². The number of nitrogens with two attached hydrogens (primary N) is 2. The molecule has 0 unspecified atom stereocenters. The summed E-state index contributed by atoms with van der Waals surface area (Å²) in [6.45, 7) is 2.88. The van der Waals surface area contributed by atoms with Crippen molar-refractivity contribution in [3.8, 4) is 0 Å². The van der Waals surface area contributed by atoms with Crippen molar-refractivity contribution >= 4 is 17.3 Å². The van der Waals surface area contributed by atoms with Crippen LogP contribution in [0.15, 0.2) is 18.2 Å². The number of rotatable bonds is 4. The van der Waals surface area contributed by atoms with Crippen LogP contribution >= 0.6 is 0 Å². The number of carbonyl (C=O) groups excluding carboxylic acids is 1. The Morgan fingerprint density at radius 3 is 2.79 bits per heavy atom. The van der Waals surface area contributed by atoms with Crippen LogP contribution in [0.25, 0.3) is 0 Å². The summed E-state index contributed by atoms with van der Waals surface area (Å²) in [5.41, 5.74) is 12.7. The molecule has 1 rings (SSSR count). The van der Waals surface area contributed by atoms with Crippen molar-refractivity contribution in [3.05, 3.63) is 23.8 Å². The minimum atomic E-state index is -0.440. The molecule has 4 nitrogen and oxygen atoms in total. The lowest BCUT2D eigenvalue weighted by molar-refractivity contribution is 0.100. The Hall–Kier alpha value is -1.71. The molecule has 0 aromatic heterocycles. The first kappa shape index (κ1) is 10.4. The molecular weight excluding hydrogens is 178 g/mol. The first-order valence-electron chi connectivity index (χ1n) is 4.58. The Labute approximate surface area is 83.3 Å². The summed E-state index contributed by atoms with van der Waals surface area (Å²) in [5, 5.41) is 3.13. The van der Waals surface area contributed by atoms with Crippen LogP contribution in [0, 0.1) is 0 Å². The van der Waals surface area contributed by atoms with Gasteiger partial charge in [-0.25, -0.2) is 0 Å². The van der Waals surface area contributed by atoms with Crippen LogP contribution in [0.1, 0.15) is 23.7 Å². The molecule has 0 aliphatic rings. The van der Waals surface area contributed by atoms with Crippen molar-refractivity contribution in [2.75, 3.05) is 17.6 Å². The number of amides is 1. The zero-order valence-electron chi connectivity index (χ0n) is 8.21. The highest BCUT2D eigenvalue weighted by molar-refractivity contribution is 5.94. The predicted molar refractivity (Wildman–Crippen MR) is 58.2 cm³/mol. The van der Waals surface area contributed by atoms with Crippen molar-refractivity contribution in [2.45, 2.75) is 13.3 Å². The van der Waals surface area contributed by atoms with E-state index in [1.165, 1.54) is 0 Å². The largest absolute Gasteiger partial charge is 0.397 e. The van der Waals surface area contributed by atoms with Gasteiger partial charge in [0.1, 0.15) is 0 Å². The number of nitrogens with one attached hydrogen (secondary N) is 1. The van der Waals surface area contributed by atoms with Gasteiger partial charge >= 0.3 is 0 Å². The number of anilines is 2. The maximum atomic E-state index is 10.9. The van der Waals surface area contributed by atoms with E-state index in [0.717, 1.165) is 18.7 Å². The zero-order valence-corrected chi connectivity index (χ0v) is 8.21. The molecule has 0 spiro atoms. The van der Waals surface area contributed by atoms with Crippen molar-refractivity contribution < 1.29 is 4.79 Å². The molecule has 1 amide bonds. The molecule has 0 radical (unpaired) electrons. The average molecular weight is 193 g/mol. The molecule has 0 atom stereocenters. The van der Waals surface area contributed by atoms with Crippen LogP contribution in [0.5, 0.6) is 0 Å². The fourth-order valence-corrected chi connectivity index (χ4v) is 1.12. The summed E-state index contributed by atoms with van der Waals surface area (Å²) in [6, 6.07) is 4.97. The van der Waals surface area contributed by atoms with E-state index in [-0.39, 0.29) is 0 Å². The van der Waals surface area contributed by atoms with Gasteiger partial charge in [0.2, 0.25) is 5.91 Å². The molecule has 5 N–H and O–H groups in total. The molecule has 76 valence electrons. The van der Waals surface area contributed by atoms with Crippen LogP contribution in [0.2, 0.25) is 0 Å². The van der Waals surface area contributed by atoms with Gasteiger partial charge in [-0.05, 0) is 24.6 Å². The molecule has 0 aliphatic carbocycles. The van der Waals surface area contributed by atoms with Gasteiger partial charge in [0.25, 0.3) is 0 Å². The Morgan fingerprint density at radius 1 is 1.50 bits per heavy atom. The Bertz CT molecular complexity index is 336. The molecule has 0 aliphatic heterocycles. The van der Waals surface area contributed by atoms with Gasteiger partial charge in [0, 0.05) is 12.1 Å². The van der Waals surface area contributed by atoms with Crippen molar-refractivity contribution in [1.29, 1.82) is 0 Å². The van der Waals surface area contributed by atoms with Gasteiger partial charge in [-0.2, -0.15) is 0 Å². The highest BCUT2D eigenvalue weighted by Gasteiger charge is 2.03. The van der Waals surface area contributed by atoms with E-state index in [0.29, 0.717) is 11.3 Å². The van der Waals surface area contributed by atoms with E-state index in [1.54, 1.807) is 18.2 Å². The zero-order chi connectivity index (χ0) is 10.6. The summed E-state index contributed by atoms with van der Waals surface area (Å²) in [5.74, 6) is -0.440. The lowest BCUT2D eigenvalue weighted by Crippen LogP contribution is -2.12. The van der Waals surface area contributed by atoms with Crippen molar-refractivity contribution in [3.63, 3.8) is 0 Å². The predicted octanol–water partition coefficient (Wildman–Crippen LogP) is 1.19. The van der Waals surface area contributed by atoms with Gasteiger partial charge in [-0.1, -0.05) is 6.92 Å². The molecule has 0 fully saturated rings. The van der Waals surface area contributed by atoms with Crippen LogP contribution in [0.4, 0.5) is 11.4 Å². The van der Waals surface area contributed by atoms with E-state index in [9.17, 15) is 4.79 Å². The lowest BCUT2D eigenvalue weighted by atomic mass is 10.1. The molecule has 0 saturated carbocycles. The third kappa shape index (κ3) is 2.39. The fraction of sp³-hybridized carbons (Fsp3) is 0.300. The number of hydrogen-bond donors (Lipinski definition) is 3. The second-order valence-corrected chi connectivity index (χ2v) is 3.09. The SMILES string of the molecule is CCCNc1cc(C(N)=O)ccc1N. The summed E-state index contributed by atoms with van der Waals surface area (Å²) >= 11 is 0. The van der Waals surface area contributed by atoms with Gasteiger partial charge in [0.15, 0.2) is 0 Å². The van der Waals surface area contributed by atoms with Gasteiger partial charge in [0.05, 0.1) is 11.4 Å². The quantitative estimate of drug-likeness (QED) is 0.628. The second kappa shape index (κ2) is 4.50. The lowest BCUT2D eigenvalue weighted by Gasteiger charge is -2.08. The summed E-state index contributed by atoms with van der Waals surface area (Å²) in [7, 11) is 0. The van der Waals surface area contributed by atoms with Crippen LogP contribution in [-0.4, -0.2) is 12.5 Å². The topological polar surface area (TPSA) is 81.1 Å². The maximum absolute atomic E-state index is 10.9. The Kier molecular flexibility index (Phi) is 3.34. The van der Waals surface area contributed by atoms with Crippen molar-refractivity contribution in [1.82, 2.24) is 0 Å². The van der Waals surface area contributed by atoms with E-state index in [2.05, 4.69) is 12.2 Å². The number of primary amides is 1. The molecule has 4 heteroatoms. The number of nitrogen functional groups attached to an aromatic ring is 1. The van der Waals surface area contributed by atoms with Gasteiger partial charge in [-0.15, -0.1) is 0 Å². The van der Waals surface area contributed by atoms with Gasteiger partial charge in [-0.3, -0.25) is 4.79 Å². The molecule has 0 heterocycles. The Balaban J connectivity index is 2.90. The van der Waals surface area contributed by atoms with Crippen LogP contribution in [0.3, 0.4) is 0 Å². The van der Waals surface area contributed by atoms with Gasteiger partial charge < -0.3 is 16.8 Å². The maximum Gasteiger partial charge on any atom is 0.248 e. The molecular formula is C10H15N3O. The van der Waals surface area contributed by atoms with Crippen LogP contribution in [-0.2, 0) is 0 Å². The molecule has 14 heavy (non-hydrogen) atoms. The highest BCUT2D eigenvalue weighted by Crippen LogP contribution is 2.19. The normalized spacial score (nSPS) is 9.79. The number of benzene rings is 1. The molecule has 0 bridgehead atoms. The molecule has 1 aromatic carbocycles.